The molecule has 1 saturated heterocycles. The third kappa shape index (κ3) is 3.73. The van der Waals surface area contributed by atoms with E-state index in [1.54, 1.807) is 0 Å². The summed E-state index contributed by atoms with van der Waals surface area (Å²) in [7, 11) is 0. The van der Waals surface area contributed by atoms with E-state index in [0.29, 0.717) is 18.2 Å². The smallest absolute Gasteiger partial charge is 0.148 e. The van der Waals surface area contributed by atoms with Gasteiger partial charge in [0.2, 0.25) is 0 Å². The molecule has 2 unspecified atom stereocenters. The van der Waals surface area contributed by atoms with Gasteiger partial charge in [0.15, 0.2) is 0 Å². The largest absolute Gasteiger partial charge is 0.367 e. The number of ether oxygens (including phenoxy) is 1. The second kappa shape index (κ2) is 8.08. The van der Waals surface area contributed by atoms with Gasteiger partial charge in [-0.05, 0) is 61.6 Å². The van der Waals surface area contributed by atoms with Gasteiger partial charge in [0.25, 0.3) is 0 Å². The molecule has 2 heterocycles. The highest BCUT2D eigenvalue weighted by atomic mass is 35.5. The minimum atomic E-state index is -0.0330. The summed E-state index contributed by atoms with van der Waals surface area (Å²) in [6, 6.07) is 10.3. The Kier molecular flexibility index (Phi) is 5.54. The fourth-order valence-electron chi connectivity index (χ4n) is 4.04. The minimum absolute atomic E-state index is 0.0330. The van der Waals surface area contributed by atoms with Crippen LogP contribution in [-0.2, 0) is 17.8 Å². The molecule has 1 aliphatic heterocycles. The number of aromatic nitrogens is 1. The standard InChI is InChI=1S/C22H25ClN4O/c1-14-3-4-16(11-24)9-18(14)13-28-20-6-5-17-10-19(23)22(26-21(17)20)27-8-7-25-12-15(27)2/h3-4,9-10,15,20,25H,5-8,12-13H2,1-2H3. The molecule has 146 valence electrons. The number of rotatable bonds is 4. The number of nitriles is 1. The lowest BCUT2D eigenvalue weighted by Crippen LogP contribution is -2.50. The van der Waals surface area contributed by atoms with E-state index in [4.69, 9.17) is 26.6 Å². The van der Waals surface area contributed by atoms with E-state index in [0.717, 1.165) is 60.1 Å². The lowest BCUT2D eigenvalue weighted by Gasteiger charge is -2.35. The number of nitrogens with zero attached hydrogens (tertiary/aromatic N) is 3. The predicted octanol–water partition coefficient (Wildman–Crippen LogP) is 3.92. The zero-order chi connectivity index (χ0) is 19.7. The van der Waals surface area contributed by atoms with E-state index in [1.165, 1.54) is 5.56 Å². The zero-order valence-electron chi connectivity index (χ0n) is 16.3. The highest BCUT2D eigenvalue weighted by Crippen LogP contribution is 2.38. The molecular formula is C22H25ClN4O. The Morgan fingerprint density at radius 1 is 1.39 bits per heavy atom. The molecule has 5 nitrogen and oxygen atoms in total. The molecule has 0 radical (unpaired) electrons. The summed E-state index contributed by atoms with van der Waals surface area (Å²) in [5.74, 6) is 0.868. The summed E-state index contributed by atoms with van der Waals surface area (Å²) in [4.78, 5) is 7.25. The van der Waals surface area contributed by atoms with Crippen LogP contribution in [0.3, 0.4) is 0 Å². The quantitative estimate of drug-likeness (QED) is 0.848. The normalized spacial score (nSPS) is 21.4. The number of hydrogen-bond acceptors (Lipinski definition) is 5. The zero-order valence-corrected chi connectivity index (χ0v) is 17.1. The molecule has 4 rings (SSSR count). The van der Waals surface area contributed by atoms with E-state index in [2.05, 4.69) is 29.3 Å². The van der Waals surface area contributed by atoms with Crippen molar-refractivity contribution in [1.82, 2.24) is 10.3 Å². The average molecular weight is 397 g/mol. The van der Waals surface area contributed by atoms with Gasteiger partial charge in [-0.25, -0.2) is 4.98 Å². The lowest BCUT2D eigenvalue weighted by atomic mass is 10.1. The first-order chi connectivity index (χ1) is 13.6. The van der Waals surface area contributed by atoms with Crippen LogP contribution >= 0.6 is 11.6 Å². The van der Waals surface area contributed by atoms with E-state index < -0.39 is 0 Å². The Morgan fingerprint density at radius 3 is 3.04 bits per heavy atom. The summed E-state index contributed by atoms with van der Waals surface area (Å²) >= 11 is 6.59. The molecule has 1 N–H and O–H groups in total. The van der Waals surface area contributed by atoms with Crippen molar-refractivity contribution in [2.75, 3.05) is 24.5 Å². The highest BCUT2D eigenvalue weighted by molar-refractivity contribution is 6.33. The van der Waals surface area contributed by atoms with Crippen LogP contribution in [0.15, 0.2) is 24.3 Å². The molecule has 2 atom stereocenters. The van der Waals surface area contributed by atoms with E-state index in [1.807, 2.05) is 25.1 Å². The fraction of sp³-hybridized carbons (Fsp3) is 0.455. The summed E-state index contributed by atoms with van der Waals surface area (Å²) in [6.45, 7) is 7.49. The summed E-state index contributed by atoms with van der Waals surface area (Å²) in [6.07, 6.45) is 1.81. The van der Waals surface area contributed by atoms with Crippen LogP contribution in [0.1, 0.15) is 47.4 Å². The first kappa shape index (κ1) is 19.2. The van der Waals surface area contributed by atoms with Gasteiger partial charge in [-0.15, -0.1) is 0 Å². The van der Waals surface area contributed by atoms with Gasteiger partial charge in [-0.3, -0.25) is 0 Å². The molecule has 1 aromatic carbocycles. The fourth-order valence-corrected chi connectivity index (χ4v) is 4.32. The third-order valence-electron chi connectivity index (χ3n) is 5.74. The number of anilines is 1. The van der Waals surface area contributed by atoms with Gasteiger partial charge in [-0.2, -0.15) is 5.26 Å². The molecule has 0 saturated carbocycles. The van der Waals surface area contributed by atoms with Crippen LogP contribution in [0.25, 0.3) is 0 Å². The molecule has 0 spiro atoms. The van der Waals surface area contributed by atoms with Gasteiger partial charge in [0, 0.05) is 25.7 Å². The number of hydrogen-bond donors (Lipinski definition) is 1. The Labute approximate surface area is 171 Å². The number of aryl methyl sites for hydroxylation is 2. The summed E-state index contributed by atoms with van der Waals surface area (Å²) < 4.78 is 6.26. The summed E-state index contributed by atoms with van der Waals surface area (Å²) in [5, 5.41) is 13.3. The minimum Gasteiger partial charge on any atom is -0.367 e. The van der Waals surface area contributed by atoms with Crippen molar-refractivity contribution in [2.45, 2.75) is 45.4 Å². The second-order valence-corrected chi connectivity index (χ2v) is 8.08. The lowest BCUT2D eigenvalue weighted by molar-refractivity contribution is 0.0383. The van der Waals surface area contributed by atoms with Crippen molar-refractivity contribution < 1.29 is 4.74 Å². The first-order valence-electron chi connectivity index (χ1n) is 9.84. The second-order valence-electron chi connectivity index (χ2n) is 7.68. The molecule has 1 aliphatic carbocycles. The van der Waals surface area contributed by atoms with Crippen LogP contribution < -0.4 is 10.2 Å². The maximum Gasteiger partial charge on any atom is 0.148 e. The Balaban J connectivity index is 1.55. The average Bonchev–Trinajstić information content (AvgIpc) is 3.09. The number of nitrogens with one attached hydrogen (secondary N) is 1. The van der Waals surface area contributed by atoms with Gasteiger partial charge in [0.1, 0.15) is 11.9 Å². The topological polar surface area (TPSA) is 61.2 Å². The number of pyridine rings is 1. The molecule has 1 fully saturated rings. The Morgan fingerprint density at radius 2 is 2.25 bits per heavy atom. The molecule has 28 heavy (non-hydrogen) atoms. The number of benzene rings is 1. The molecule has 2 aromatic rings. The SMILES string of the molecule is Cc1ccc(C#N)cc1COC1CCc2cc(Cl)c(N3CCNCC3C)nc21. The predicted molar refractivity (Wildman–Crippen MR) is 111 cm³/mol. The van der Waals surface area contributed by atoms with Crippen molar-refractivity contribution in [2.24, 2.45) is 0 Å². The monoisotopic (exact) mass is 396 g/mol. The Bertz CT molecular complexity index is 923. The van der Waals surface area contributed by atoms with Crippen LogP contribution in [-0.4, -0.2) is 30.7 Å². The van der Waals surface area contributed by atoms with Gasteiger partial charge >= 0.3 is 0 Å². The van der Waals surface area contributed by atoms with Crippen molar-refractivity contribution in [3.63, 3.8) is 0 Å². The number of fused-ring (bicyclic) bond motifs is 1. The van der Waals surface area contributed by atoms with Crippen molar-refractivity contribution in [3.05, 3.63) is 57.2 Å². The van der Waals surface area contributed by atoms with Crippen LogP contribution in [0, 0.1) is 18.3 Å². The molecule has 0 amide bonds. The number of piperazine rings is 1. The summed E-state index contributed by atoms with van der Waals surface area (Å²) in [5.41, 5.74) is 5.05. The van der Waals surface area contributed by atoms with Crippen molar-refractivity contribution in [3.8, 4) is 6.07 Å². The van der Waals surface area contributed by atoms with Gasteiger partial charge in [0.05, 0.1) is 29.0 Å². The molecule has 0 bridgehead atoms. The maximum atomic E-state index is 9.14. The van der Waals surface area contributed by atoms with E-state index in [-0.39, 0.29) is 6.10 Å². The third-order valence-corrected chi connectivity index (χ3v) is 6.02. The van der Waals surface area contributed by atoms with E-state index in [9.17, 15) is 0 Å². The van der Waals surface area contributed by atoms with Crippen molar-refractivity contribution >= 4 is 17.4 Å². The van der Waals surface area contributed by atoms with Crippen LogP contribution in [0.5, 0.6) is 0 Å². The molecule has 2 aliphatic rings. The van der Waals surface area contributed by atoms with E-state index >= 15 is 0 Å². The number of halogens is 1. The highest BCUT2D eigenvalue weighted by Gasteiger charge is 2.29. The first-order valence-corrected chi connectivity index (χ1v) is 10.2. The van der Waals surface area contributed by atoms with Crippen LogP contribution in [0.4, 0.5) is 5.82 Å². The molecular weight excluding hydrogens is 372 g/mol. The van der Waals surface area contributed by atoms with Crippen LogP contribution in [0.2, 0.25) is 5.02 Å². The molecule has 1 aromatic heterocycles. The van der Waals surface area contributed by atoms with Crippen molar-refractivity contribution in [1.29, 1.82) is 5.26 Å². The molecule has 6 heteroatoms. The Hall–Kier alpha value is -2.13. The maximum absolute atomic E-state index is 9.14. The van der Waals surface area contributed by atoms with Gasteiger partial charge in [-0.1, -0.05) is 17.7 Å². The van der Waals surface area contributed by atoms with Gasteiger partial charge < -0.3 is 15.0 Å².